The molecule has 0 aliphatic rings. The van der Waals surface area contributed by atoms with Crippen LogP contribution in [0.2, 0.25) is 0 Å². The van der Waals surface area contributed by atoms with E-state index in [1.807, 2.05) is 19.2 Å². The van der Waals surface area contributed by atoms with Gasteiger partial charge in [0, 0.05) is 23.9 Å². The van der Waals surface area contributed by atoms with Crippen molar-refractivity contribution in [2.24, 2.45) is 0 Å². The number of nitro groups is 1. The van der Waals surface area contributed by atoms with Crippen molar-refractivity contribution in [3.8, 4) is 16.3 Å². The summed E-state index contributed by atoms with van der Waals surface area (Å²) in [5, 5.41) is 19.9. The highest BCUT2D eigenvalue weighted by Crippen LogP contribution is 2.37. The van der Waals surface area contributed by atoms with E-state index in [4.69, 9.17) is 4.74 Å². The Hall–Kier alpha value is -3.05. The second-order valence-electron chi connectivity index (χ2n) is 5.87. The Labute approximate surface area is 174 Å². The summed E-state index contributed by atoms with van der Waals surface area (Å²) < 4.78 is 5.55. The molecular formula is C18H19N5O4S2. The molecule has 2 aromatic heterocycles. The smallest absolute Gasteiger partial charge is 0.271 e. The molecule has 0 saturated heterocycles. The molecule has 0 saturated carbocycles. The zero-order valence-corrected chi connectivity index (χ0v) is 17.6. The molecule has 0 fully saturated rings. The molecule has 9 nitrogen and oxygen atoms in total. The zero-order chi connectivity index (χ0) is 21.0. The number of nitrogens with one attached hydrogen (secondary N) is 2. The fourth-order valence-electron chi connectivity index (χ4n) is 2.46. The molecule has 2 N–H and O–H groups in total. The van der Waals surface area contributed by atoms with E-state index in [1.165, 1.54) is 34.8 Å². The summed E-state index contributed by atoms with van der Waals surface area (Å²) in [4.78, 5) is 32.0. The standard InChI is InChI=1S/C18H19N5O4S2/c1-4-15(24)22-18-19-10(3)16(29-18)13-9-28-17(21-13)20-12-8-11(23(25)26)6-7-14(12)27-5-2/h6-9H,4-5H2,1-3H3,(H,20,21)(H,19,22,24). The number of anilines is 3. The van der Waals surface area contributed by atoms with E-state index in [0.717, 1.165) is 10.6 Å². The van der Waals surface area contributed by atoms with E-state index in [-0.39, 0.29) is 11.6 Å². The van der Waals surface area contributed by atoms with E-state index in [1.54, 1.807) is 13.0 Å². The number of ether oxygens (including phenoxy) is 1. The molecule has 0 radical (unpaired) electrons. The Morgan fingerprint density at radius 2 is 2.07 bits per heavy atom. The molecule has 29 heavy (non-hydrogen) atoms. The Morgan fingerprint density at radius 1 is 1.28 bits per heavy atom. The number of rotatable bonds is 8. The lowest BCUT2D eigenvalue weighted by Gasteiger charge is -2.10. The largest absolute Gasteiger partial charge is 0.492 e. The fourth-order valence-corrected chi connectivity index (χ4v) is 4.19. The fraction of sp³-hybridized carbons (Fsp3) is 0.278. The number of nitro benzene ring substituents is 1. The lowest BCUT2D eigenvalue weighted by atomic mass is 10.2. The molecule has 0 unspecified atom stereocenters. The molecule has 0 aliphatic heterocycles. The number of carbonyl (C=O) groups excluding carboxylic acids is 1. The maximum atomic E-state index is 11.6. The SMILES string of the molecule is CCOc1ccc([N+](=O)[O-])cc1Nc1nc(-c2sc(NC(=O)CC)nc2C)cs1. The van der Waals surface area contributed by atoms with Gasteiger partial charge >= 0.3 is 0 Å². The van der Waals surface area contributed by atoms with Crippen molar-refractivity contribution in [2.45, 2.75) is 27.2 Å². The number of carbonyl (C=O) groups is 1. The summed E-state index contributed by atoms with van der Waals surface area (Å²) in [5.41, 5.74) is 1.91. The van der Waals surface area contributed by atoms with E-state index in [2.05, 4.69) is 20.6 Å². The number of aromatic nitrogens is 2. The van der Waals surface area contributed by atoms with E-state index in [0.29, 0.717) is 40.4 Å². The number of hydrogen-bond donors (Lipinski definition) is 2. The minimum atomic E-state index is -0.457. The molecule has 2 heterocycles. The Bertz CT molecular complexity index is 1050. The van der Waals surface area contributed by atoms with Crippen LogP contribution in [0.5, 0.6) is 5.75 Å². The van der Waals surface area contributed by atoms with Crippen LogP contribution in [0.4, 0.5) is 21.6 Å². The van der Waals surface area contributed by atoms with Crippen molar-refractivity contribution in [3.05, 3.63) is 39.4 Å². The van der Waals surface area contributed by atoms with Gasteiger partial charge in [-0.25, -0.2) is 9.97 Å². The number of aryl methyl sites for hydroxylation is 1. The number of hydrogen-bond acceptors (Lipinski definition) is 9. The summed E-state index contributed by atoms with van der Waals surface area (Å²) in [5.74, 6) is 0.411. The van der Waals surface area contributed by atoms with Gasteiger partial charge in [-0.3, -0.25) is 14.9 Å². The molecule has 0 bridgehead atoms. The van der Waals surface area contributed by atoms with Crippen LogP contribution >= 0.6 is 22.7 Å². The number of thiazole rings is 2. The number of non-ortho nitro benzene ring substituents is 1. The third-order valence-corrected chi connectivity index (χ3v) is 5.67. The van der Waals surface area contributed by atoms with E-state index >= 15 is 0 Å². The van der Waals surface area contributed by atoms with Crippen molar-refractivity contribution >= 4 is 50.2 Å². The number of benzene rings is 1. The van der Waals surface area contributed by atoms with Crippen LogP contribution in [0.1, 0.15) is 26.0 Å². The summed E-state index contributed by atoms with van der Waals surface area (Å²) >= 11 is 2.71. The van der Waals surface area contributed by atoms with Crippen LogP contribution in [0.3, 0.4) is 0 Å². The van der Waals surface area contributed by atoms with Gasteiger partial charge in [-0.05, 0) is 19.9 Å². The third-order valence-electron chi connectivity index (χ3n) is 3.82. The minimum Gasteiger partial charge on any atom is -0.492 e. The van der Waals surface area contributed by atoms with Gasteiger partial charge in [0.1, 0.15) is 5.75 Å². The van der Waals surface area contributed by atoms with Crippen LogP contribution in [0.15, 0.2) is 23.6 Å². The van der Waals surface area contributed by atoms with Gasteiger partial charge in [-0.15, -0.1) is 11.3 Å². The summed E-state index contributed by atoms with van der Waals surface area (Å²) in [6, 6.07) is 4.38. The van der Waals surface area contributed by atoms with Crippen molar-refractivity contribution < 1.29 is 14.5 Å². The number of amides is 1. The van der Waals surface area contributed by atoms with Crippen LogP contribution in [-0.4, -0.2) is 27.4 Å². The van der Waals surface area contributed by atoms with Gasteiger partial charge in [-0.1, -0.05) is 18.3 Å². The second-order valence-corrected chi connectivity index (χ2v) is 7.73. The molecule has 1 aromatic carbocycles. The highest BCUT2D eigenvalue weighted by molar-refractivity contribution is 7.20. The van der Waals surface area contributed by atoms with Crippen LogP contribution in [0, 0.1) is 17.0 Å². The molecule has 152 valence electrons. The maximum Gasteiger partial charge on any atom is 0.271 e. The van der Waals surface area contributed by atoms with Gasteiger partial charge in [-0.2, -0.15) is 0 Å². The Morgan fingerprint density at radius 3 is 2.76 bits per heavy atom. The predicted molar refractivity (Wildman–Crippen MR) is 114 cm³/mol. The quantitative estimate of drug-likeness (QED) is 0.380. The van der Waals surface area contributed by atoms with Gasteiger partial charge in [0.15, 0.2) is 10.3 Å². The summed E-state index contributed by atoms with van der Waals surface area (Å²) in [6.45, 7) is 5.91. The van der Waals surface area contributed by atoms with E-state index in [9.17, 15) is 14.9 Å². The third kappa shape index (κ3) is 4.87. The minimum absolute atomic E-state index is 0.0395. The van der Waals surface area contributed by atoms with Gasteiger partial charge < -0.3 is 15.4 Å². The maximum absolute atomic E-state index is 11.6. The molecule has 3 rings (SSSR count). The van der Waals surface area contributed by atoms with Crippen molar-refractivity contribution in [1.29, 1.82) is 0 Å². The normalized spacial score (nSPS) is 10.6. The first-order valence-corrected chi connectivity index (χ1v) is 10.5. The Balaban J connectivity index is 1.85. The number of nitrogens with zero attached hydrogens (tertiary/aromatic N) is 3. The molecule has 0 atom stereocenters. The monoisotopic (exact) mass is 433 g/mol. The van der Waals surface area contributed by atoms with Crippen molar-refractivity contribution in [2.75, 3.05) is 17.2 Å². The molecule has 0 spiro atoms. The topological polar surface area (TPSA) is 119 Å². The zero-order valence-electron chi connectivity index (χ0n) is 16.0. The predicted octanol–water partition coefficient (Wildman–Crippen LogP) is 4.97. The first-order chi connectivity index (χ1) is 13.9. The average molecular weight is 434 g/mol. The van der Waals surface area contributed by atoms with Crippen LogP contribution < -0.4 is 15.4 Å². The molecule has 1 amide bonds. The van der Waals surface area contributed by atoms with E-state index < -0.39 is 4.92 Å². The van der Waals surface area contributed by atoms with Gasteiger partial charge in [0.25, 0.3) is 5.69 Å². The lowest BCUT2D eigenvalue weighted by Crippen LogP contribution is -2.08. The highest BCUT2D eigenvalue weighted by atomic mass is 32.1. The molecule has 11 heteroatoms. The second kappa shape index (κ2) is 8.97. The van der Waals surface area contributed by atoms with Crippen molar-refractivity contribution in [1.82, 2.24) is 9.97 Å². The summed E-state index contributed by atoms with van der Waals surface area (Å²) in [6.07, 6.45) is 0.379. The molecule has 0 aliphatic carbocycles. The lowest BCUT2D eigenvalue weighted by molar-refractivity contribution is -0.384. The first kappa shape index (κ1) is 20.7. The van der Waals surface area contributed by atoms with Crippen LogP contribution in [0.25, 0.3) is 10.6 Å². The van der Waals surface area contributed by atoms with Gasteiger partial charge in [0.2, 0.25) is 5.91 Å². The Kier molecular flexibility index (Phi) is 6.39. The highest BCUT2D eigenvalue weighted by Gasteiger charge is 2.16. The summed E-state index contributed by atoms with van der Waals surface area (Å²) in [7, 11) is 0. The molecular weight excluding hydrogens is 414 g/mol. The van der Waals surface area contributed by atoms with Gasteiger partial charge in [0.05, 0.1) is 33.5 Å². The van der Waals surface area contributed by atoms with Crippen molar-refractivity contribution in [3.63, 3.8) is 0 Å². The molecule has 3 aromatic rings. The van der Waals surface area contributed by atoms with Crippen LogP contribution in [-0.2, 0) is 4.79 Å². The first-order valence-electron chi connectivity index (χ1n) is 8.82. The average Bonchev–Trinajstić information content (AvgIpc) is 3.29.